The largest absolute Gasteiger partial charge is 0.339 e. The maximum Gasteiger partial charge on any atom is 0.255 e. The summed E-state index contributed by atoms with van der Waals surface area (Å²) >= 11 is 8.97. The second-order valence-corrected chi connectivity index (χ2v) is 11.4. The number of hydrogen-bond donors (Lipinski definition) is 3. The lowest BCUT2D eigenvalue weighted by atomic mass is 9.73. The minimum atomic E-state index is -0.893. The van der Waals surface area contributed by atoms with Gasteiger partial charge < -0.3 is 15.6 Å². The zero-order valence-electron chi connectivity index (χ0n) is 21.3. The van der Waals surface area contributed by atoms with E-state index in [4.69, 9.17) is 22.4 Å². The van der Waals surface area contributed by atoms with E-state index < -0.39 is 5.41 Å². The van der Waals surface area contributed by atoms with Gasteiger partial charge in [-0.25, -0.2) is 0 Å². The molecule has 0 aliphatic heterocycles. The number of amides is 2. The average molecular weight is 555 g/mol. The van der Waals surface area contributed by atoms with E-state index >= 15 is 0 Å². The van der Waals surface area contributed by atoms with Crippen molar-refractivity contribution in [3.8, 4) is 10.4 Å². The molecule has 2 amide bonds. The molecule has 1 unspecified atom stereocenters. The molecule has 2 aromatic carbocycles. The minimum absolute atomic E-state index is 0.0826. The van der Waals surface area contributed by atoms with Crippen LogP contribution in [0.3, 0.4) is 0 Å². The Hall–Kier alpha value is -2.94. The summed E-state index contributed by atoms with van der Waals surface area (Å²) in [6.07, 6.45) is 0. The van der Waals surface area contributed by atoms with Gasteiger partial charge in [-0.3, -0.25) is 15.0 Å². The topological polar surface area (TPSA) is 97.1 Å². The molecule has 0 spiro atoms. The number of thioether (sulfide) groups is 1. The SMILES string of the molecule is CCN(CC)C(=O)c1ccc(-c2ccc(C(c3ccccc3)C(C)(C)C(=O)NC(=N)SC=N)s2)cc1Cl. The Bertz CT molecular complexity index is 1290. The van der Waals surface area contributed by atoms with Crippen molar-refractivity contribution in [3.63, 3.8) is 0 Å². The highest BCUT2D eigenvalue weighted by Gasteiger charge is 2.40. The number of carbonyl (C=O) groups excluding carboxylic acids is 2. The zero-order chi connectivity index (χ0) is 27.2. The summed E-state index contributed by atoms with van der Waals surface area (Å²) in [4.78, 5) is 29.8. The third kappa shape index (κ3) is 6.50. The minimum Gasteiger partial charge on any atom is -0.339 e. The van der Waals surface area contributed by atoms with Gasteiger partial charge in [-0.2, -0.15) is 0 Å². The molecule has 0 radical (unpaired) electrons. The van der Waals surface area contributed by atoms with Crippen LogP contribution in [-0.4, -0.2) is 40.5 Å². The van der Waals surface area contributed by atoms with E-state index in [0.29, 0.717) is 23.7 Å². The summed E-state index contributed by atoms with van der Waals surface area (Å²) in [6.45, 7) is 8.85. The molecule has 3 N–H and O–H groups in total. The fourth-order valence-corrected chi connectivity index (χ4v) is 6.10. The molecule has 3 aromatic rings. The van der Waals surface area contributed by atoms with Gasteiger partial charge in [0, 0.05) is 28.8 Å². The Morgan fingerprint density at radius 2 is 1.78 bits per heavy atom. The van der Waals surface area contributed by atoms with E-state index in [0.717, 1.165) is 38.2 Å². The van der Waals surface area contributed by atoms with Crippen molar-refractivity contribution in [2.75, 3.05) is 13.1 Å². The van der Waals surface area contributed by atoms with E-state index in [-0.39, 0.29) is 22.9 Å². The Morgan fingerprint density at radius 1 is 1.11 bits per heavy atom. The van der Waals surface area contributed by atoms with Gasteiger partial charge in [0.05, 0.1) is 21.5 Å². The van der Waals surface area contributed by atoms with Crippen molar-refractivity contribution in [1.82, 2.24) is 10.2 Å². The van der Waals surface area contributed by atoms with Crippen molar-refractivity contribution in [1.29, 1.82) is 10.8 Å². The third-order valence-corrected chi connectivity index (χ3v) is 8.26. The molecule has 0 aliphatic rings. The summed E-state index contributed by atoms with van der Waals surface area (Å²) in [7, 11) is 0. The first-order valence-electron chi connectivity index (χ1n) is 11.9. The second kappa shape index (κ2) is 12.5. The van der Waals surface area contributed by atoms with Crippen LogP contribution in [-0.2, 0) is 4.79 Å². The van der Waals surface area contributed by atoms with Crippen molar-refractivity contribution in [3.05, 3.63) is 81.7 Å². The highest BCUT2D eigenvalue weighted by molar-refractivity contribution is 8.24. The molecule has 0 bridgehead atoms. The molecule has 3 rings (SSSR count). The van der Waals surface area contributed by atoms with Crippen molar-refractivity contribution >= 4 is 57.2 Å². The van der Waals surface area contributed by atoms with E-state index in [2.05, 4.69) is 5.32 Å². The van der Waals surface area contributed by atoms with Gasteiger partial charge in [0.25, 0.3) is 5.91 Å². The van der Waals surface area contributed by atoms with Gasteiger partial charge in [-0.05, 0) is 61.0 Å². The summed E-state index contributed by atoms with van der Waals surface area (Å²) in [5.74, 6) is -0.653. The second-order valence-electron chi connectivity index (χ2n) is 8.96. The average Bonchev–Trinajstić information content (AvgIpc) is 3.34. The normalized spacial score (nSPS) is 12.0. The molecule has 6 nitrogen and oxygen atoms in total. The molecular formula is C28H31ClN4O2S2. The van der Waals surface area contributed by atoms with Crippen LogP contribution >= 0.6 is 34.7 Å². The third-order valence-electron chi connectivity index (χ3n) is 6.29. The smallest absolute Gasteiger partial charge is 0.255 e. The summed E-state index contributed by atoms with van der Waals surface area (Å²) < 4.78 is 0. The van der Waals surface area contributed by atoms with E-state index in [1.807, 2.05) is 82.3 Å². The first-order valence-corrected chi connectivity index (χ1v) is 14.0. The Morgan fingerprint density at radius 3 is 2.38 bits per heavy atom. The molecule has 0 fully saturated rings. The van der Waals surface area contributed by atoms with Crippen LogP contribution in [0.5, 0.6) is 0 Å². The zero-order valence-corrected chi connectivity index (χ0v) is 23.7. The number of amidine groups is 1. The number of thiophene rings is 1. The van der Waals surface area contributed by atoms with Gasteiger partial charge in [0.15, 0.2) is 5.17 Å². The molecule has 0 saturated carbocycles. The molecule has 9 heteroatoms. The molecule has 194 valence electrons. The molecule has 0 saturated heterocycles. The summed E-state index contributed by atoms with van der Waals surface area (Å²) in [6, 6.07) is 19.4. The number of halogens is 1. The maximum absolute atomic E-state index is 13.3. The fraction of sp³-hybridized carbons (Fsp3) is 0.286. The number of carbonyl (C=O) groups is 2. The van der Waals surface area contributed by atoms with Crippen LogP contribution in [0.2, 0.25) is 5.02 Å². The lowest BCUT2D eigenvalue weighted by Gasteiger charge is -2.33. The highest BCUT2D eigenvalue weighted by atomic mass is 35.5. The fourth-order valence-electron chi connectivity index (χ4n) is 4.25. The van der Waals surface area contributed by atoms with Crippen LogP contribution < -0.4 is 5.32 Å². The van der Waals surface area contributed by atoms with Crippen LogP contribution in [0.15, 0.2) is 60.7 Å². The molecular weight excluding hydrogens is 524 g/mol. The molecule has 0 aliphatic carbocycles. The van der Waals surface area contributed by atoms with Crippen molar-refractivity contribution in [2.24, 2.45) is 5.41 Å². The quantitative estimate of drug-likeness (QED) is 0.194. The molecule has 37 heavy (non-hydrogen) atoms. The Balaban J connectivity index is 1.98. The van der Waals surface area contributed by atoms with Gasteiger partial charge in [-0.15, -0.1) is 11.3 Å². The summed E-state index contributed by atoms with van der Waals surface area (Å²) in [5.41, 5.74) is 2.49. The van der Waals surface area contributed by atoms with Crippen LogP contribution in [0.1, 0.15) is 54.4 Å². The predicted molar refractivity (Wildman–Crippen MR) is 156 cm³/mol. The number of rotatable bonds is 9. The van der Waals surface area contributed by atoms with Gasteiger partial charge >= 0.3 is 0 Å². The van der Waals surface area contributed by atoms with E-state index in [1.165, 1.54) is 0 Å². The molecule has 1 aromatic heterocycles. The van der Waals surface area contributed by atoms with E-state index in [9.17, 15) is 9.59 Å². The summed E-state index contributed by atoms with van der Waals surface area (Å²) in [5, 5.41) is 18.1. The lowest BCUT2D eigenvalue weighted by molar-refractivity contribution is -0.128. The standard InChI is InChI=1S/C28H31ClN4O2S2/c1-5-33(6-2)25(34)20-13-12-19(16-21(20)29)22-14-15-23(37-22)24(18-10-8-7-9-11-18)28(3,4)26(35)32-27(31)36-17-30/h7-17,24,30H,5-6H2,1-4H3,(H2,31,32,35). The monoisotopic (exact) mass is 554 g/mol. The maximum atomic E-state index is 13.3. The van der Waals surface area contributed by atoms with Crippen LogP contribution in [0.25, 0.3) is 10.4 Å². The lowest BCUT2D eigenvalue weighted by Crippen LogP contribution is -2.42. The van der Waals surface area contributed by atoms with Crippen LogP contribution in [0, 0.1) is 16.2 Å². The van der Waals surface area contributed by atoms with Gasteiger partial charge in [0.2, 0.25) is 5.91 Å². The van der Waals surface area contributed by atoms with Crippen LogP contribution in [0.4, 0.5) is 0 Å². The van der Waals surface area contributed by atoms with Crippen molar-refractivity contribution in [2.45, 2.75) is 33.6 Å². The number of hydrogen-bond acceptors (Lipinski definition) is 6. The van der Waals surface area contributed by atoms with Gasteiger partial charge in [0.1, 0.15) is 0 Å². The Labute approximate surface area is 231 Å². The number of nitrogens with zero attached hydrogens (tertiary/aromatic N) is 1. The van der Waals surface area contributed by atoms with E-state index in [1.54, 1.807) is 22.3 Å². The number of benzene rings is 2. The Kier molecular flexibility index (Phi) is 9.70. The van der Waals surface area contributed by atoms with Crippen molar-refractivity contribution < 1.29 is 9.59 Å². The van der Waals surface area contributed by atoms with Gasteiger partial charge in [-0.1, -0.05) is 61.8 Å². The highest BCUT2D eigenvalue weighted by Crippen LogP contribution is 2.45. The predicted octanol–water partition coefficient (Wildman–Crippen LogP) is 7.10. The number of nitrogens with one attached hydrogen (secondary N) is 3. The first-order chi connectivity index (χ1) is 17.6. The molecule has 1 atom stereocenters. The first kappa shape index (κ1) is 28.6. The molecule has 1 heterocycles.